The Morgan fingerprint density at radius 3 is 2.55 bits per heavy atom. The number of nitrogens with zero attached hydrogens (tertiary/aromatic N) is 1. The largest absolute Gasteiger partial charge is 0.489 e. The second-order valence-corrected chi connectivity index (χ2v) is 5.98. The predicted octanol–water partition coefficient (Wildman–Crippen LogP) is 3.57. The molecule has 0 aliphatic heterocycles. The lowest BCUT2D eigenvalue weighted by Crippen LogP contribution is -2.26. The first kappa shape index (κ1) is 16.8. The van der Waals surface area contributed by atoms with E-state index in [0.717, 1.165) is 36.0 Å². The molecule has 0 amide bonds. The van der Waals surface area contributed by atoms with E-state index in [9.17, 15) is 0 Å². The Morgan fingerprint density at radius 2 is 1.82 bits per heavy atom. The molecule has 0 saturated carbocycles. The van der Waals surface area contributed by atoms with Crippen LogP contribution in [0.1, 0.15) is 11.1 Å². The van der Waals surface area contributed by atoms with Gasteiger partial charge in [0.2, 0.25) is 0 Å². The normalized spacial score (nSPS) is 10.9. The second kappa shape index (κ2) is 8.79. The SMILES string of the molecule is CN(C)CCNCc1cccc(OCc2ccc(Cl)cc2)c1. The van der Waals surface area contributed by atoms with Crippen molar-refractivity contribution in [2.75, 3.05) is 27.2 Å². The van der Waals surface area contributed by atoms with Gasteiger partial charge in [-0.25, -0.2) is 0 Å². The van der Waals surface area contributed by atoms with Crippen LogP contribution in [0.2, 0.25) is 5.02 Å². The molecule has 2 aromatic carbocycles. The van der Waals surface area contributed by atoms with Crippen LogP contribution in [0.3, 0.4) is 0 Å². The molecule has 1 N–H and O–H groups in total. The maximum Gasteiger partial charge on any atom is 0.120 e. The van der Waals surface area contributed by atoms with Crippen LogP contribution in [0.4, 0.5) is 0 Å². The summed E-state index contributed by atoms with van der Waals surface area (Å²) in [6.07, 6.45) is 0. The number of ether oxygens (including phenoxy) is 1. The molecule has 0 bridgehead atoms. The van der Waals surface area contributed by atoms with Crippen molar-refractivity contribution in [3.05, 3.63) is 64.7 Å². The molecule has 0 aliphatic rings. The lowest BCUT2D eigenvalue weighted by Gasteiger charge is -2.11. The minimum absolute atomic E-state index is 0.550. The van der Waals surface area contributed by atoms with E-state index in [1.54, 1.807) is 0 Å². The maximum atomic E-state index is 5.88. The van der Waals surface area contributed by atoms with Gasteiger partial charge in [0, 0.05) is 24.7 Å². The molecule has 2 aromatic rings. The fraction of sp³-hybridized carbons (Fsp3) is 0.333. The zero-order chi connectivity index (χ0) is 15.8. The average molecular weight is 319 g/mol. The molecule has 0 atom stereocenters. The van der Waals surface area contributed by atoms with Gasteiger partial charge in [0.25, 0.3) is 0 Å². The summed E-state index contributed by atoms with van der Waals surface area (Å²) in [5, 5.41) is 4.17. The van der Waals surface area contributed by atoms with Gasteiger partial charge in [-0.15, -0.1) is 0 Å². The molecule has 0 heterocycles. The fourth-order valence-electron chi connectivity index (χ4n) is 2.03. The van der Waals surface area contributed by atoms with Crippen LogP contribution >= 0.6 is 11.6 Å². The topological polar surface area (TPSA) is 24.5 Å². The fourth-order valence-corrected chi connectivity index (χ4v) is 2.15. The Kier molecular flexibility index (Phi) is 6.72. The van der Waals surface area contributed by atoms with Gasteiger partial charge < -0.3 is 15.0 Å². The number of halogens is 1. The minimum Gasteiger partial charge on any atom is -0.489 e. The number of likely N-dealkylation sites (N-methyl/N-ethyl adjacent to an activating group) is 1. The van der Waals surface area contributed by atoms with Crippen LogP contribution in [0.25, 0.3) is 0 Å². The first-order chi connectivity index (χ1) is 10.6. The smallest absolute Gasteiger partial charge is 0.120 e. The lowest BCUT2D eigenvalue weighted by molar-refractivity contribution is 0.306. The summed E-state index contributed by atoms with van der Waals surface area (Å²) in [4.78, 5) is 2.17. The Labute approximate surface area is 137 Å². The van der Waals surface area contributed by atoms with E-state index in [4.69, 9.17) is 16.3 Å². The Morgan fingerprint density at radius 1 is 1.05 bits per heavy atom. The first-order valence-electron chi connectivity index (χ1n) is 7.45. The molecular weight excluding hydrogens is 296 g/mol. The molecule has 0 fully saturated rings. The van der Waals surface area contributed by atoms with E-state index >= 15 is 0 Å². The molecule has 0 saturated heterocycles. The molecule has 118 valence electrons. The summed E-state index contributed by atoms with van der Waals surface area (Å²) in [6.45, 7) is 3.41. The van der Waals surface area contributed by atoms with E-state index in [0.29, 0.717) is 6.61 Å². The van der Waals surface area contributed by atoms with Crippen molar-refractivity contribution in [3.63, 3.8) is 0 Å². The number of nitrogens with one attached hydrogen (secondary N) is 1. The summed E-state index contributed by atoms with van der Waals surface area (Å²) >= 11 is 5.88. The molecule has 0 spiro atoms. The average Bonchev–Trinajstić information content (AvgIpc) is 2.51. The van der Waals surface area contributed by atoms with E-state index in [2.05, 4.69) is 36.4 Å². The standard InChI is InChI=1S/C18H23ClN2O/c1-21(2)11-10-20-13-16-4-3-5-18(12-16)22-14-15-6-8-17(19)9-7-15/h3-9,12,20H,10-11,13-14H2,1-2H3. The molecule has 4 heteroatoms. The van der Waals surface area contributed by atoms with Gasteiger partial charge in [0.15, 0.2) is 0 Å². The van der Waals surface area contributed by atoms with Gasteiger partial charge >= 0.3 is 0 Å². The number of rotatable bonds is 8. The maximum absolute atomic E-state index is 5.88. The Balaban J connectivity index is 1.81. The quantitative estimate of drug-likeness (QED) is 0.753. The van der Waals surface area contributed by atoms with E-state index in [1.165, 1.54) is 5.56 Å². The third-order valence-corrected chi connectivity index (χ3v) is 3.53. The highest BCUT2D eigenvalue weighted by atomic mass is 35.5. The van der Waals surface area contributed by atoms with Gasteiger partial charge in [0.05, 0.1) is 0 Å². The van der Waals surface area contributed by atoms with Gasteiger partial charge in [-0.3, -0.25) is 0 Å². The Bertz CT molecular complexity index is 570. The third-order valence-electron chi connectivity index (χ3n) is 3.28. The van der Waals surface area contributed by atoms with Gasteiger partial charge in [-0.1, -0.05) is 35.9 Å². The van der Waals surface area contributed by atoms with Crippen molar-refractivity contribution < 1.29 is 4.74 Å². The zero-order valence-electron chi connectivity index (χ0n) is 13.2. The molecule has 0 aromatic heterocycles. The summed E-state index contributed by atoms with van der Waals surface area (Å²) < 4.78 is 5.84. The summed E-state index contributed by atoms with van der Waals surface area (Å²) in [5.74, 6) is 0.891. The number of benzene rings is 2. The van der Waals surface area contributed by atoms with Crippen molar-refractivity contribution in [2.45, 2.75) is 13.2 Å². The molecule has 0 radical (unpaired) electrons. The molecule has 22 heavy (non-hydrogen) atoms. The van der Waals surface area contributed by atoms with Crippen molar-refractivity contribution in [2.24, 2.45) is 0 Å². The molecule has 0 unspecified atom stereocenters. The van der Waals surface area contributed by atoms with Crippen LogP contribution < -0.4 is 10.1 Å². The van der Waals surface area contributed by atoms with Gasteiger partial charge in [-0.05, 0) is 49.5 Å². The van der Waals surface area contributed by atoms with Crippen molar-refractivity contribution >= 4 is 11.6 Å². The van der Waals surface area contributed by atoms with Crippen molar-refractivity contribution in [1.82, 2.24) is 10.2 Å². The Hall–Kier alpha value is -1.55. The second-order valence-electron chi connectivity index (χ2n) is 5.54. The van der Waals surface area contributed by atoms with Gasteiger partial charge in [-0.2, -0.15) is 0 Å². The molecule has 0 aliphatic carbocycles. The highest BCUT2D eigenvalue weighted by Crippen LogP contribution is 2.16. The lowest BCUT2D eigenvalue weighted by atomic mass is 10.2. The number of hydrogen-bond donors (Lipinski definition) is 1. The minimum atomic E-state index is 0.550. The zero-order valence-corrected chi connectivity index (χ0v) is 13.9. The summed E-state index contributed by atoms with van der Waals surface area (Å²) in [5.41, 5.74) is 2.34. The van der Waals surface area contributed by atoms with Crippen LogP contribution in [0.15, 0.2) is 48.5 Å². The van der Waals surface area contributed by atoms with Crippen LogP contribution in [-0.2, 0) is 13.2 Å². The molecular formula is C18H23ClN2O. The molecule has 2 rings (SSSR count). The predicted molar refractivity (Wildman–Crippen MR) is 92.5 cm³/mol. The van der Waals surface area contributed by atoms with Crippen LogP contribution in [0, 0.1) is 0 Å². The third kappa shape index (κ3) is 6.06. The van der Waals surface area contributed by atoms with Crippen LogP contribution in [-0.4, -0.2) is 32.1 Å². The summed E-state index contributed by atoms with van der Waals surface area (Å²) in [6, 6.07) is 15.9. The highest BCUT2D eigenvalue weighted by Gasteiger charge is 1.99. The number of hydrogen-bond acceptors (Lipinski definition) is 3. The summed E-state index contributed by atoms with van der Waals surface area (Å²) in [7, 11) is 4.15. The van der Waals surface area contributed by atoms with E-state index in [-0.39, 0.29) is 0 Å². The van der Waals surface area contributed by atoms with Gasteiger partial charge in [0.1, 0.15) is 12.4 Å². The monoisotopic (exact) mass is 318 g/mol. The highest BCUT2D eigenvalue weighted by molar-refractivity contribution is 6.30. The van der Waals surface area contributed by atoms with Crippen molar-refractivity contribution in [3.8, 4) is 5.75 Å². The van der Waals surface area contributed by atoms with Crippen molar-refractivity contribution in [1.29, 1.82) is 0 Å². The van der Waals surface area contributed by atoms with E-state index < -0.39 is 0 Å². The van der Waals surface area contributed by atoms with Crippen LogP contribution in [0.5, 0.6) is 5.75 Å². The van der Waals surface area contributed by atoms with E-state index in [1.807, 2.05) is 36.4 Å². The first-order valence-corrected chi connectivity index (χ1v) is 7.83. The molecule has 3 nitrogen and oxygen atoms in total.